The zero-order chi connectivity index (χ0) is 18.2. The van der Waals surface area contributed by atoms with Crippen LogP contribution in [0.2, 0.25) is 0 Å². The minimum absolute atomic E-state index is 0.196. The molecule has 1 unspecified atom stereocenters. The monoisotopic (exact) mass is 355 g/mol. The van der Waals surface area contributed by atoms with E-state index in [1.54, 1.807) is 7.11 Å². The van der Waals surface area contributed by atoms with Crippen LogP contribution in [-0.4, -0.2) is 33.0 Å². The van der Waals surface area contributed by atoms with Crippen LogP contribution in [0.5, 0.6) is 11.5 Å². The molecule has 0 aromatic heterocycles. The molecule has 4 heteroatoms. The third-order valence-corrected chi connectivity index (χ3v) is 4.87. The standard InChI is InChI=1S/C22H29NO3/c1-17-7-3-4-8-18(17)12-13-23-15-19-9-5-11-21(24-2)22(19)26-16-20-10-6-14-25-20/h3-5,7-9,11,20,23H,6,10,12-16H2,1-2H3. The molecule has 0 bridgehead atoms. The summed E-state index contributed by atoms with van der Waals surface area (Å²) in [6.45, 7) is 5.26. The largest absolute Gasteiger partial charge is 0.493 e. The van der Waals surface area contributed by atoms with Crippen molar-refractivity contribution in [3.8, 4) is 11.5 Å². The summed E-state index contributed by atoms with van der Waals surface area (Å²) in [5.41, 5.74) is 3.85. The molecule has 0 radical (unpaired) electrons. The molecule has 3 rings (SSSR count). The van der Waals surface area contributed by atoms with Crippen molar-refractivity contribution in [3.63, 3.8) is 0 Å². The van der Waals surface area contributed by atoms with E-state index in [4.69, 9.17) is 14.2 Å². The topological polar surface area (TPSA) is 39.7 Å². The summed E-state index contributed by atoms with van der Waals surface area (Å²) in [6.07, 6.45) is 3.40. The van der Waals surface area contributed by atoms with Crippen LogP contribution >= 0.6 is 0 Å². The Labute approximate surface area is 156 Å². The van der Waals surface area contributed by atoms with Crippen LogP contribution < -0.4 is 14.8 Å². The molecule has 1 aliphatic rings. The number of para-hydroxylation sites is 1. The first-order valence-electron chi connectivity index (χ1n) is 9.43. The number of benzene rings is 2. The Morgan fingerprint density at radius 3 is 2.73 bits per heavy atom. The number of ether oxygens (including phenoxy) is 3. The summed E-state index contributed by atoms with van der Waals surface area (Å²) in [5, 5.41) is 3.53. The molecule has 1 fully saturated rings. The van der Waals surface area contributed by atoms with Gasteiger partial charge in [0.1, 0.15) is 6.61 Å². The van der Waals surface area contributed by atoms with Crippen molar-refractivity contribution in [2.75, 3.05) is 26.9 Å². The van der Waals surface area contributed by atoms with Crippen LogP contribution in [0.3, 0.4) is 0 Å². The van der Waals surface area contributed by atoms with Crippen molar-refractivity contribution in [2.24, 2.45) is 0 Å². The number of hydrogen-bond acceptors (Lipinski definition) is 4. The van der Waals surface area contributed by atoms with Gasteiger partial charge in [0.2, 0.25) is 0 Å². The van der Waals surface area contributed by atoms with Gasteiger partial charge in [-0.05, 0) is 49.9 Å². The molecule has 1 heterocycles. The van der Waals surface area contributed by atoms with E-state index in [9.17, 15) is 0 Å². The molecule has 1 N–H and O–H groups in total. The Bertz CT molecular complexity index is 696. The Hall–Kier alpha value is -2.04. The SMILES string of the molecule is COc1cccc(CNCCc2ccccc2C)c1OCC1CCCO1. The maximum Gasteiger partial charge on any atom is 0.165 e. The molecule has 1 aliphatic heterocycles. The number of methoxy groups -OCH3 is 1. The minimum atomic E-state index is 0.196. The van der Waals surface area contributed by atoms with Crippen LogP contribution in [0.15, 0.2) is 42.5 Å². The number of nitrogens with one attached hydrogen (secondary N) is 1. The van der Waals surface area contributed by atoms with Gasteiger partial charge in [-0.2, -0.15) is 0 Å². The maximum atomic E-state index is 6.09. The van der Waals surface area contributed by atoms with Gasteiger partial charge >= 0.3 is 0 Å². The van der Waals surface area contributed by atoms with Gasteiger partial charge in [0.25, 0.3) is 0 Å². The highest BCUT2D eigenvalue weighted by molar-refractivity contribution is 5.46. The molecule has 0 aliphatic carbocycles. The highest BCUT2D eigenvalue weighted by Gasteiger charge is 2.18. The molecular formula is C22H29NO3. The Morgan fingerprint density at radius 1 is 1.12 bits per heavy atom. The van der Waals surface area contributed by atoms with E-state index in [-0.39, 0.29) is 6.10 Å². The van der Waals surface area contributed by atoms with Gasteiger partial charge < -0.3 is 19.5 Å². The molecule has 26 heavy (non-hydrogen) atoms. The summed E-state index contributed by atoms with van der Waals surface area (Å²) in [6, 6.07) is 14.6. The van der Waals surface area contributed by atoms with Crippen LogP contribution in [0.25, 0.3) is 0 Å². The van der Waals surface area contributed by atoms with E-state index in [1.165, 1.54) is 11.1 Å². The van der Waals surface area contributed by atoms with Gasteiger partial charge in [-0.1, -0.05) is 36.4 Å². The molecular weight excluding hydrogens is 326 g/mol. The highest BCUT2D eigenvalue weighted by Crippen LogP contribution is 2.31. The summed E-state index contributed by atoms with van der Waals surface area (Å²) < 4.78 is 17.3. The van der Waals surface area contributed by atoms with Crippen molar-refractivity contribution in [3.05, 3.63) is 59.2 Å². The molecule has 4 nitrogen and oxygen atoms in total. The van der Waals surface area contributed by atoms with Crippen LogP contribution in [-0.2, 0) is 17.7 Å². The van der Waals surface area contributed by atoms with E-state index >= 15 is 0 Å². The Balaban J connectivity index is 1.56. The zero-order valence-electron chi connectivity index (χ0n) is 15.8. The molecule has 1 saturated heterocycles. The fourth-order valence-corrected chi connectivity index (χ4v) is 3.31. The Morgan fingerprint density at radius 2 is 1.96 bits per heavy atom. The molecule has 2 aromatic carbocycles. The van der Waals surface area contributed by atoms with E-state index in [0.29, 0.717) is 6.61 Å². The fraction of sp³-hybridized carbons (Fsp3) is 0.455. The van der Waals surface area contributed by atoms with Crippen LogP contribution in [0.1, 0.15) is 29.5 Å². The molecule has 0 amide bonds. The maximum absolute atomic E-state index is 6.09. The second kappa shape index (κ2) is 9.60. The predicted molar refractivity (Wildman–Crippen MR) is 104 cm³/mol. The summed E-state index contributed by atoms with van der Waals surface area (Å²) in [4.78, 5) is 0. The lowest BCUT2D eigenvalue weighted by Gasteiger charge is -2.18. The van der Waals surface area contributed by atoms with Crippen LogP contribution in [0.4, 0.5) is 0 Å². The number of aryl methyl sites for hydroxylation is 1. The normalized spacial score (nSPS) is 16.6. The van der Waals surface area contributed by atoms with Gasteiger partial charge in [-0.25, -0.2) is 0 Å². The van der Waals surface area contributed by atoms with E-state index < -0.39 is 0 Å². The number of hydrogen-bond donors (Lipinski definition) is 1. The Kier molecular flexibility index (Phi) is 6.92. The fourth-order valence-electron chi connectivity index (χ4n) is 3.31. The first-order chi connectivity index (χ1) is 12.8. The van der Waals surface area contributed by atoms with Crippen LogP contribution in [0, 0.1) is 6.92 Å². The van der Waals surface area contributed by atoms with Gasteiger partial charge in [-0.3, -0.25) is 0 Å². The zero-order valence-corrected chi connectivity index (χ0v) is 15.8. The lowest BCUT2D eigenvalue weighted by Crippen LogP contribution is -2.20. The van der Waals surface area contributed by atoms with Crippen molar-refractivity contribution in [1.29, 1.82) is 0 Å². The first kappa shape index (κ1) is 18.7. The highest BCUT2D eigenvalue weighted by atomic mass is 16.5. The molecule has 2 aromatic rings. The predicted octanol–water partition coefficient (Wildman–Crippen LogP) is 3.89. The minimum Gasteiger partial charge on any atom is -0.493 e. The summed E-state index contributed by atoms with van der Waals surface area (Å²) in [7, 11) is 1.68. The van der Waals surface area contributed by atoms with E-state index in [1.807, 2.05) is 12.1 Å². The molecule has 1 atom stereocenters. The number of rotatable bonds is 9. The smallest absolute Gasteiger partial charge is 0.165 e. The molecule has 140 valence electrons. The lowest BCUT2D eigenvalue weighted by molar-refractivity contribution is 0.0666. The average Bonchev–Trinajstić information content (AvgIpc) is 3.18. The van der Waals surface area contributed by atoms with E-state index in [0.717, 1.165) is 56.0 Å². The second-order valence-electron chi connectivity index (χ2n) is 6.75. The van der Waals surface area contributed by atoms with Crippen molar-refractivity contribution >= 4 is 0 Å². The van der Waals surface area contributed by atoms with E-state index in [2.05, 4.69) is 42.6 Å². The molecule has 0 saturated carbocycles. The summed E-state index contributed by atoms with van der Waals surface area (Å²) >= 11 is 0. The van der Waals surface area contributed by atoms with Crippen molar-refractivity contribution in [1.82, 2.24) is 5.32 Å². The second-order valence-corrected chi connectivity index (χ2v) is 6.75. The van der Waals surface area contributed by atoms with Crippen molar-refractivity contribution in [2.45, 2.75) is 38.8 Å². The van der Waals surface area contributed by atoms with Gasteiger partial charge in [0.05, 0.1) is 13.2 Å². The molecule has 0 spiro atoms. The third kappa shape index (κ3) is 4.99. The van der Waals surface area contributed by atoms with Gasteiger partial charge in [-0.15, -0.1) is 0 Å². The lowest BCUT2D eigenvalue weighted by atomic mass is 10.1. The van der Waals surface area contributed by atoms with Gasteiger partial charge in [0, 0.05) is 18.7 Å². The third-order valence-electron chi connectivity index (χ3n) is 4.87. The average molecular weight is 355 g/mol. The van der Waals surface area contributed by atoms with Crippen molar-refractivity contribution < 1.29 is 14.2 Å². The van der Waals surface area contributed by atoms with Gasteiger partial charge in [0.15, 0.2) is 11.5 Å². The quantitative estimate of drug-likeness (QED) is 0.693. The summed E-state index contributed by atoms with van der Waals surface area (Å²) in [5.74, 6) is 1.61. The first-order valence-corrected chi connectivity index (χ1v) is 9.43.